The number of benzene rings is 1. The summed E-state index contributed by atoms with van der Waals surface area (Å²) in [6.45, 7) is 0. The Kier molecular flexibility index (Phi) is 4.13. The zero-order valence-corrected chi connectivity index (χ0v) is 8.77. The molecule has 0 aromatic heterocycles. The molecule has 0 spiro atoms. The van der Waals surface area contributed by atoms with Crippen molar-refractivity contribution in [1.82, 2.24) is 0 Å². The summed E-state index contributed by atoms with van der Waals surface area (Å²) < 4.78 is 5.33. The Balaban J connectivity index is 2.64. The van der Waals surface area contributed by atoms with Crippen molar-refractivity contribution < 1.29 is 4.74 Å². The second-order valence-corrected chi connectivity index (χ2v) is 3.55. The molecule has 0 saturated heterocycles. The van der Waals surface area contributed by atoms with Crippen LogP contribution in [0.2, 0.25) is 0 Å². The molecule has 0 saturated carbocycles. The Labute approximate surface area is 87.9 Å². The summed E-state index contributed by atoms with van der Waals surface area (Å²) >= 11 is 11.0. The summed E-state index contributed by atoms with van der Waals surface area (Å²) in [5.74, 6) is 0.852. The maximum absolute atomic E-state index is 5.49. The number of hydrogen-bond donors (Lipinski definition) is 0. The lowest BCUT2D eigenvalue weighted by molar-refractivity contribution is 0.414. The molecule has 1 aromatic rings. The van der Waals surface area contributed by atoms with Gasteiger partial charge in [0.1, 0.15) is 10.2 Å². The number of allylic oxidation sites excluding steroid dienone is 1. The third kappa shape index (κ3) is 3.71. The van der Waals surface area contributed by atoms with E-state index < -0.39 is 0 Å². The van der Waals surface area contributed by atoms with Crippen LogP contribution < -0.4 is 4.74 Å². The van der Waals surface area contributed by atoms with Crippen LogP contribution in [0.5, 0.6) is 5.75 Å². The third-order valence-corrected chi connectivity index (χ3v) is 1.96. The SMILES string of the molecule is COc1ccc(CC=C(Cl)Cl)cc1. The molecule has 0 radical (unpaired) electrons. The molecule has 0 bridgehead atoms. The highest BCUT2D eigenvalue weighted by atomic mass is 35.5. The van der Waals surface area contributed by atoms with Gasteiger partial charge in [-0.2, -0.15) is 0 Å². The molecular formula is C10H10Cl2O. The first-order chi connectivity index (χ1) is 6.22. The number of halogens is 2. The van der Waals surface area contributed by atoms with Gasteiger partial charge in [-0.25, -0.2) is 0 Å². The molecule has 13 heavy (non-hydrogen) atoms. The van der Waals surface area contributed by atoms with Crippen LogP contribution in [0.1, 0.15) is 5.56 Å². The molecule has 0 N–H and O–H groups in total. The summed E-state index contributed by atoms with van der Waals surface area (Å²) in [7, 11) is 1.64. The molecule has 0 heterocycles. The molecule has 3 heteroatoms. The van der Waals surface area contributed by atoms with Gasteiger partial charge in [-0.05, 0) is 30.2 Å². The Morgan fingerprint density at radius 1 is 1.31 bits per heavy atom. The fourth-order valence-electron chi connectivity index (χ4n) is 0.957. The van der Waals surface area contributed by atoms with Gasteiger partial charge in [-0.15, -0.1) is 0 Å². The van der Waals surface area contributed by atoms with E-state index in [2.05, 4.69) is 0 Å². The Morgan fingerprint density at radius 2 is 1.92 bits per heavy atom. The Morgan fingerprint density at radius 3 is 2.38 bits per heavy atom. The molecule has 1 rings (SSSR count). The van der Waals surface area contributed by atoms with Crippen LogP contribution in [0.4, 0.5) is 0 Å². The van der Waals surface area contributed by atoms with Crippen LogP contribution >= 0.6 is 23.2 Å². The minimum Gasteiger partial charge on any atom is -0.497 e. The van der Waals surface area contributed by atoms with Crippen LogP contribution in [0.15, 0.2) is 34.8 Å². The highest BCUT2D eigenvalue weighted by Crippen LogP contribution is 2.14. The zero-order valence-electron chi connectivity index (χ0n) is 7.26. The normalized spacial score (nSPS) is 9.46. The lowest BCUT2D eigenvalue weighted by Crippen LogP contribution is -1.84. The van der Waals surface area contributed by atoms with Crippen LogP contribution in [0.3, 0.4) is 0 Å². The summed E-state index contributed by atoms with van der Waals surface area (Å²) in [5.41, 5.74) is 1.15. The first-order valence-electron chi connectivity index (χ1n) is 3.86. The highest BCUT2D eigenvalue weighted by molar-refractivity contribution is 6.55. The predicted molar refractivity (Wildman–Crippen MR) is 56.5 cm³/mol. The molecule has 0 aliphatic rings. The van der Waals surface area contributed by atoms with Crippen LogP contribution in [-0.2, 0) is 6.42 Å². The van der Waals surface area contributed by atoms with Crippen molar-refractivity contribution in [3.63, 3.8) is 0 Å². The van der Waals surface area contributed by atoms with Crippen molar-refractivity contribution >= 4 is 23.2 Å². The van der Waals surface area contributed by atoms with Crippen molar-refractivity contribution in [1.29, 1.82) is 0 Å². The van der Waals surface area contributed by atoms with E-state index in [-0.39, 0.29) is 0 Å². The van der Waals surface area contributed by atoms with Crippen molar-refractivity contribution in [3.05, 3.63) is 40.4 Å². The van der Waals surface area contributed by atoms with Crippen LogP contribution in [-0.4, -0.2) is 7.11 Å². The van der Waals surface area contributed by atoms with E-state index >= 15 is 0 Å². The maximum atomic E-state index is 5.49. The van der Waals surface area contributed by atoms with Crippen LogP contribution in [0.25, 0.3) is 0 Å². The van der Waals surface area contributed by atoms with E-state index in [0.717, 1.165) is 17.7 Å². The van der Waals surface area contributed by atoms with Crippen molar-refractivity contribution in [2.24, 2.45) is 0 Å². The molecule has 0 atom stereocenters. The first kappa shape index (κ1) is 10.4. The van der Waals surface area contributed by atoms with Gasteiger partial charge in [-0.1, -0.05) is 35.3 Å². The smallest absolute Gasteiger partial charge is 0.118 e. The fraction of sp³-hybridized carbons (Fsp3) is 0.200. The summed E-state index contributed by atoms with van der Waals surface area (Å²) in [4.78, 5) is 0. The van der Waals surface area contributed by atoms with E-state index in [4.69, 9.17) is 27.9 Å². The van der Waals surface area contributed by atoms with Crippen LogP contribution in [0, 0.1) is 0 Å². The molecule has 0 amide bonds. The third-order valence-electron chi connectivity index (χ3n) is 1.65. The Hall–Kier alpha value is -0.660. The predicted octanol–water partition coefficient (Wildman–Crippen LogP) is 3.56. The van der Waals surface area contributed by atoms with Gasteiger partial charge < -0.3 is 4.74 Å². The largest absolute Gasteiger partial charge is 0.497 e. The maximum Gasteiger partial charge on any atom is 0.118 e. The average molecular weight is 217 g/mol. The van der Waals surface area contributed by atoms with Gasteiger partial charge >= 0.3 is 0 Å². The second kappa shape index (κ2) is 5.15. The minimum atomic E-state index is 0.302. The number of ether oxygens (including phenoxy) is 1. The monoisotopic (exact) mass is 216 g/mol. The van der Waals surface area contributed by atoms with E-state index in [1.807, 2.05) is 24.3 Å². The number of rotatable bonds is 3. The molecule has 0 fully saturated rings. The lowest BCUT2D eigenvalue weighted by atomic mass is 10.1. The second-order valence-electron chi connectivity index (χ2n) is 2.55. The van der Waals surface area contributed by atoms with E-state index in [1.165, 1.54) is 0 Å². The fourth-order valence-corrected chi connectivity index (χ4v) is 1.11. The van der Waals surface area contributed by atoms with Gasteiger partial charge in [0, 0.05) is 0 Å². The molecule has 0 aliphatic carbocycles. The van der Waals surface area contributed by atoms with Crippen molar-refractivity contribution in [3.8, 4) is 5.75 Å². The highest BCUT2D eigenvalue weighted by Gasteiger charge is 1.92. The number of hydrogen-bond acceptors (Lipinski definition) is 1. The van der Waals surface area contributed by atoms with Gasteiger partial charge in [0.2, 0.25) is 0 Å². The summed E-state index contributed by atoms with van der Waals surface area (Å²) in [6.07, 6.45) is 2.50. The van der Waals surface area contributed by atoms with E-state index in [9.17, 15) is 0 Å². The van der Waals surface area contributed by atoms with Gasteiger partial charge in [0.05, 0.1) is 7.11 Å². The van der Waals surface area contributed by atoms with E-state index in [0.29, 0.717) is 4.49 Å². The minimum absolute atomic E-state index is 0.302. The molecular weight excluding hydrogens is 207 g/mol. The van der Waals surface area contributed by atoms with Gasteiger partial charge in [-0.3, -0.25) is 0 Å². The van der Waals surface area contributed by atoms with Gasteiger partial charge in [0.25, 0.3) is 0 Å². The van der Waals surface area contributed by atoms with E-state index in [1.54, 1.807) is 13.2 Å². The molecule has 70 valence electrons. The molecule has 1 nitrogen and oxygen atoms in total. The quantitative estimate of drug-likeness (QED) is 0.752. The summed E-state index contributed by atoms with van der Waals surface area (Å²) in [6, 6.07) is 7.77. The zero-order chi connectivity index (χ0) is 9.68. The summed E-state index contributed by atoms with van der Waals surface area (Å²) in [5, 5.41) is 0. The molecule has 0 aliphatic heterocycles. The topological polar surface area (TPSA) is 9.23 Å². The number of methoxy groups -OCH3 is 1. The Bertz CT molecular complexity index is 286. The molecule has 1 aromatic carbocycles. The van der Waals surface area contributed by atoms with Crippen molar-refractivity contribution in [2.45, 2.75) is 6.42 Å². The van der Waals surface area contributed by atoms with Crippen molar-refractivity contribution in [2.75, 3.05) is 7.11 Å². The average Bonchev–Trinajstić information content (AvgIpc) is 2.15. The standard InChI is InChI=1S/C10H10Cl2O/c1-13-9-5-2-8(3-6-9)4-7-10(11)12/h2-3,5-7H,4H2,1H3. The molecule has 0 unspecified atom stereocenters. The first-order valence-corrected chi connectivity index (χ1v) is 4.62. The lowest BCUT2D eigenvalue weighted by Gasteiger charge is -2.00. The van der Waals surface area contributed by atoms with Gasteiger partial charge in [0.15, 0.2) is 0 Å².